The van der Waals surface area contributed by atoms with Crippen LogP contribution in [-0.4, -0.2) is 16.7 Å². The predicted molar refractivity (Wildman–Crippen MR) is 86.1 cm³/mol. The smallest absolute Gasteiger partial charge is 0.141 e. The van der Waals surface area contributed by atoms with Crippen molar-refractivity contribution in [3.8, 4) is 23.2 Å². The van der Waals surface area contributed by atoms with Crippen LogP contribution in [-0.2, 0) is 7.05 Å². The minimum absolute atomic E-state index is 0.648. The van der Waals surface area contributed by atoms with E-state index in [9.17, 15) is 0 Å². The molecule has 0 atom stereocenters. The molecule has 0 amide bonds. The fraction of sp³-hybridized carbons (Fsp3) is 0.111. The van der Waals surface area contributed by atoms with Gasteiger partial charge in [0.15, 0.2) is 0 Å². The van der Waals surface area contributed by atoms with Crippen LogP contribution in [0.1, 0.15) is 5.56 Å². The van der Waals surface area contributed by atoms with Gasteiger partial charge in [0.2, 0.25) is 0 Å². The monoisotopic (exact) mass is 287 g/mol. The van der Waals surface area contributed by atoms with E-state index >= 15 is 0 Å². The molecule has 0 spiro atoms. The summed E-state index contributed by atoms with van der Waals surface area (Å²) in [7, 11) is 3.67. The summed E-state index contributed by atoms with van der Waals surface area (Å²) < 4.78 is 7.39. The van der Waals surface area contributed by atoms with Crippen LogP contribution >= 0.6 is 0 Å². The van der Waals surface area contributed by atoms with Gasteiger partial charge in [0, 0.05) is 28.9 Å². The van der Waals surface area contributed by atoms with E-state index in [-0.39, 0.29) is 0 Å². The van der Waals surface area contributed by atoms with Crippen LogP contribution in [0.15, 0.2) is 42.5 Å². The first kappa shape index (κ1) is 12.7. The van der Waals surface area contributed by atoms with Crippen molar-refractivity contribution >= 4 is 21.8 Å². The summed E-state index contributed by atoms with van der Waals surface area (Å²) in [5, 5.41) is 11.2. The molecule has 4 nitrogen and oxygen atoms in total. The highest BCUT2D eigenvalue weighted by Gasteiger charge is 2.16. The Morgan fingerprint density at radius 3 is 2.77 bits per heavy atom. The second kappa shape index (κ2) is 4.47. The summed E-state index contributed by atoms with van der Waals surface area (Å²) >= 11 is 0. The highest BCUT2D eigenvalue weighted by atomic mass is 16.5. The van der Waals surface area contributed by atoms with Crippen LogP contribution in [0.25, 0.3) is 33.2 Å². The van der Waals surface area contributed by atoms with E-state index in [1.807, 2.05) is 37.4 Å². The molecule has 2 aromatic rings. The van der Waals surface area contributed by atoms with Crippen LogP contribution in [0.4, 0.5) is 0 Å². The highest BCUT2D eigenvalue weighted by molar-refractivity contribution is 6.01. The number of hydrogen-bond acceptors (Lipinski definition) is 3. The lowest BCUT2D eigenvalue weighted by atomic mass is 10.1. The van der Waals surface area contributed by atoms with E-state index in [2.05, 4.69) is 16.7 Å². The lowest BCUT2D eigenvalue weighted by molar-refractivity contribution is 0.415. The summed E-state index contributed by atoms with van der Waals surface area (Å²) in [6, 6.07) is 15.9. The molecular weight excluding hydrogens is 274 g/mol. The van der Waals surface area contributed by atoms with Gasteiger partial charge in [0.1, 0.15) is 11.6 Å². The lowest BCUT2D eigenvalue weighted by Crippen LogP contribution is -1.99. The number of aromatic nitrogens is 2. The van der Waals surface area contributed by atoms with Crippen molar-refractivity contribution in [2.75, 3.05) is 7.11 Å². The van der Waals surface area contributed by atoms with Gasteiger partial charge < -0.3 is 9.30 Å². The lowest BCUT2D eigenvalue weighted by Gasteiger charge is -2.12. The standard InChI is InChI=1S/C18H13N3O/c1-21-17-6-4-13(22-2)8-12(17)9-15-14-7-11(10-19)3-5-16(14)20-18(15)21/h3-9H,1-2H3. The first-order valence-electron chi connectivity index (χ1n) is 6.98. The van der Waals surface area contributed by atoms with E-state index in [4.69, 9.17) is 15.0 Å². The molecule has 2 aliphatic heterocycles. The predicted octanol–water partition coefficient (Wildman–Crippen LogP) is 3.71. The van der Waals surface area contributed by atoms with Crippen LogP contribution in [0, 0.1) is 11.3 Å². The molecule has 0 unspecified atom stereocenters. The number of fused-ring (bicyclic) bond motifs is 4. The maximum Gasteiger partial charge on any atom is 0.141 e. The highest BCUT2D eigenvalue weighted by Crippen LogP contribution is 2.35. The first-order valence-corrected chi connectivity index (χ1v) is 6.98. The van der Waals surface area contributed by atoms with E-state index in [0.29, 0.717) is 5.56 Å². The van der Waals surface area contributed by atoms with Crippen molar-refractivity contribution in [3.63, 3.8) is 0 Å². The number of benzene rings is 2. The maximum atomic E-state index is 9.11. The number of ether oxygens (including phenoxy) is 1. The maximum absolute atomic E-state index is 9.11. The normalized spacial score (nSPS) is 11.1. The van der Waals surface area contributed by atoms with Crippen molar-refractivity contribution in [1.82, 2.24) is 9.55 Å². The summed E-state index contributed by atoms with van der Waals surface area (Å²) in [5.41, 5.74) is 3.70. The quantitative estimate of drug-likeness (QED) is 0.536. The molecule has 0 saturated heterocycles. The summed E-state index contributed by atoms with van der Waals surface area (Å²) in [4.78, 5) is 4.71. The van der Waals surface area contributed by atoms with Crippen molar-refractivity contribution < 1.29 is 4.74 Å². The summed E-state index contributed by atoms with van der Waals surface area (Å²) in [6.07, 6.45) is 0. The average Bonchev–Trinajstić information content (AvgIpc) is 2.92. The molecule has 2 aromatic carbocycles. The minimum Gasteiger partial charge on any atom is -0.497 e. The topological polar surface area (TPSA) is 50.8 Å². The average molecular weight is 287 g/mol. The fourth-order valence-electron chi connectivity index (χ4n) is 2.96. The molecule has 0 fully saturated rings. The molecule has 0 saturated carbocycles. The Hall–Kier alpha value is -3.06. The van der Waals surface area contributed by atoms with Crippen LogP contribution in [0.5, 0.6) is 5.75 Å². The molecule has 106 valence electrons. The van der Waals surface area contributed by atoms with Gasteiger partial charge in [-0.3, -0.25) is 0 Å². The van der Waals surface area contributed by atoms with Gasteiger partial charge in [0.25, 0.3) is 0 Å². The van der Waals surface area contributed by atoms with Crippen LogP contribution in [0.3, 0.4) is 0 Å². The van der Waals surface area contributed by atoms with Gasteiger partial charge in [-0.05, 0) is 42.5 Å². The molecule has 22 heavy (non-hydrogen) atoms. The molecular formula is C18H13N3O. The molecule has 0 radical (unpaired) electrons. The van der Waals surface area contributed by atoms with E-state index in [0.717, 1.165) is 38.9 Å². The van der Waals surface area contributed by atoms with Gasteiger partial charge in [0.05, 0.1) is 24.3 Å². The Balaban J connectivity index is 2.15. The number of hydrogen-bond donors (Lipinski definition) is 0. The van der Waals surface area contributed by atoms with Crippen molar-refractivity contribution in [3.05, 3.63) is 48.0 Å². The molecule has 2 aliphatic rings. The zero-order valence-corrected chi connectivity index (χ0v) is 12.3. The van der Waals surface area contributed by atoms with Crippen LogP contribution < -0.4 is 4.74 Å². The van der Waals surface area contributed by atoms with E-state index in [1.54, 1.807) is 13.2 Å². The van der Waals surface area contributed by atoms with Gasteiger partial charge in [-0.25, -0.2) is 4.98 Å². The van der Waals surface area contributed by atoms with Crippen molar-refractivity contribution in [1.29, 1.82) is 5.26 Å². The largest absolute Gasteiger partial charge is 0.497 e. The number of rotatable bonds is 1. The Bertz CT molecular complexity index is 1040. The minimum atomic E-state index is 0.648. The Kier molecular flexibility index (Phi) is 2.57. The number of pyridine rings is 1. The third kappa shape index (κ3) is 1.66. The van der Waals surface area contributed by atoms with Crippen molar-refractivity contribution in [2.45, 2.75) is 0 Å². The SMILES string of the molecule is COc1ccc2c(c1)cc1c3cc(C#N)ccc3nc-1n2C. The molecule has 0 N–H and O–H groups in total. The summed E-state index contributed by atoms with van der Waals surface area (Å²) in [5.74, 6) is 1.75. The summed E-state index contributed by atoms with van der Waals surface area (Å²) in [6.45, 7) is 0. The number of aryl methyl sites for hydroxylation is 1. The van der Waals surface area contributed by atoms with Gasteiger partial charge >= 0.3 is 0 Å². The Labute approximate surface area is 127 Å². The molecule has 0 aromatic heterocycles. The fourth-order valence-corrected chi connectivity index (χ4v) is 2.96. The molecule has 4 rings (SSSR count). The number of methoxy groups -OCH3 is 1. The van der Waals surface area contributed by atoms with Gasteiger partial charge in [-0.1, -0.05) is 0 Å². The van der Waals surface area contributed by atoms with E-state index in [1.165, 1.54) is 0 Å². The molecule has 0 aliphatic carbocycles. The number of nitriles is 1. The second-order valence-corrected chi connectivity index (χ2v) is 5.32. The number of nitrogens with zero attached hydrogens (tertiary/aromatic N) is 3. The molecule has 2 heterocycles. The van der Waals surface area contributed by atoms with E-state index < -0.39 is 0 Å². The van der Waals surface area contributed by atoms with Gasteiger partial charge in [-0.2, -0.15) is 5.26 Å². The second-order valence-electron chi connectivity index (χ2n) is 5.32. The zero-order valence-electron chi connectivity index (χ0n) is 12.3. The Morgan fingerprint density at radius 2 is 2.00 bits per heavy atom. The molecule has 0 bridgehead atoms. The van der Waals surface area contributed by atoms with Gasteiger partial charge in [-0.15, -0.1) is 0 Å². The molecule has 4 heteroatoms. The first-order chi connectivity index (χ1) is 10.7. The van der Waals surface area contributed by atoms with Crippen molar-refractivity contribution in [2.24, 2.45) is 7.05 Å². The van der Waals surface area contributed by atoms with Crippen LogP contribution in [0.2, 0.25) is 0 Å². The zero-order chi connectivity index (χ0) is 15.3. The Morgan fingerprint density at radius 1 is 1.14 bits per heavy atom. The third-order valence-corrected chi connectivity index (χ3v) is 4.10. The third-order valence-electron chi connectivity index (χ3n) is 4.10.